The highest BCUT2D eigenvalue weighted by Crippen LogP contribution is 2.19. The molecule has 4 heteroatoms. The van der Waals surface area contributed by atoms with Crippen molar-refractivity contribution in [2.75, 3.05) is 32.2 Å². The number of nitrogens with one attached hydrogen (secondary N) is 1. The lowest BCUT2D eigenvalue weighted by molar-refractivity contribution is 0.311. The molecule has 0 saturated heterocycles. The second kappa shape index (κ2) is 10.9. The van der Waals surface area contributed by atoms with Crippen molar-refractivity contribution in [3.8, 4) is 17.2 Å². The van der Waals surface area contributed by atoms with Gasteiger partial charge in [-0.25, -0.2) is 0 Å². The summed E-state index contributed by atoms with van der Waals surface area (Å²) in [6.07, 6.45) is 2.03. The summed E-state index contributed by atoms with van der Waals surface area (Å²) in [4.78, 5) is 0. The average Bonchev–Trinajstić information content (AvgIpc) is 2.76. The number of anilines is 1. The van der Waals surface area contributed by atoms with E-state index >= 15 is 0 Å². The zero-order valence-electron chi connectivity index (χ0n) is 16.3. The average molecular weight is 377 g/mol. The van der Waals surface area contributed by atoms with E-state index in [1.54, 1.807) is 7.11 Å². The second-order valence-electron chi connectivity index (χ2n) is 6.42. The van der Waals surface area contributed by atoms with Gasteiger partial charge in [0.15, 0.2) is 0 Å². The largest absolute Gasteiger partial charge is 0.497 e. The van der Waals surface area contributed by atoms with Gasteiger partial charge >= 0.3 is 0 Å². The molecule has 0 aliphatic heterocycles. The van der Waals surface area contributed by atoms with E-state index in [1.807, 2.05) is 54.6 Å². The summed E-state index contributed by atoms with van der Waals surface area (Å²) in [5.41, 5.74) is 2.37. The fourth-order valence-corrected chi connectivity index (χ4v) is 2.84. The Morgan fingerprint density at radius 3 is 2.25 bits per heavy atom. The number of methoxy groups -OCH3 is 1. The quantitative estimate of drug-likeness (QED) is 0.466. The van der Waals surface area contributed by atoms with Gasteiger partial charge in [-0.1, -0.05) is 36.4 Å². The molecule has 0 saturated carbocycles. The van der Waals surface area contributed by atoms with Crippen molar-refractivity contribution in [3.05, 3.63) is 84.4 Å². The minimum atomic E-state index is 0.578. The molecule has 146 valence electrons. The summed E-state index contributed by atoms with van der Waals surface area (Å²) in [7, 11) is 1.65. The zero-order valence-corrected chi connectivity index (χ0v) is 16.3. The first-order valence-electron chi connectivity index (χ1n) is 9.61. The number of ether oxygens (including phenoxy) is 3. The van der Waals surface area contributed by atoms with Crippen LogP contribution in [-0.4, -0.2) is 26.9 Å². The summed E-state index contributed by atoms with van der Waals surface area (Å²) in [5.74, 6) is 2.54. The van der Waals surface area contributed by atoms with Crippen molar-refractivity contribution < 1.29 is 14.2 Å². The Labute approximate surface area is 167 Å². The monoisotopic (exact) mass is 377 g/mol. The topological polar surface area (TPSA) is 39.7 Å². The van der Waals surface area contributed by atoms with Crippen molar-refractivity contribution in [1.82, 2.24) is 0 Å². The Balaban J connectivity index is 1.35. The SMILES string of the molecule is COc1ccc(OCCNc2cccc(OCCCc3ccccc3)c2)cc1. The van der Waals surface area contributed by atoms with E-state index in [2.05, 4.69) is 29.6 Å². The maximum Gasteiger partial charge on any atom is 0.121 e. The number of benzene rings is 3. The van der Waals surface area contributed by atoms with Crippen LogP contribution in [0.1, 0.15) is 12.0 Å². The third-order valence-electron chi connectivity index (χ3n) is 4.31. The van der Waals surface area contributed by atoms with Gasteiger partial charge in [-0.15, -0.1) is 0 Å². The fourth-order valence-electron chi connectivity index (χ4n) is 2.84. The van der Waals surface area contributed by atoms with E-state index in [9.17, 15) is 0 Å². The number of rotatable bonds is 11. The van der Waals surface area contributed by atoms with Gasteiger partial charge in [0.05, 0.1) is 13.7 Å². The van der Waals surface area contributed by atoms with Gasteiger partial charge in [0.25, 0.3) is 0 Å². The van der Waals surface area contributed by atoms with Gasteiger partial charge in [-0.05, 0) is 54.8 Å². The van der Waals surface area contributed by atoms with Crippen LogP contribution in [0, 0.1) is 0 Å². The van der Waals surface area contributed by atoms with Crippen LogP contribution in [0.2, 0.25) is 0 Å². The molecule has 0 atom stereocenters. The summed E-state index contributed by atoms with van der Waals surface area (Å²) < 4.78 is 16.8. The summed E-state index contributed by atoms with van der Waals surface area (Å²) >= 11 is 0. The highest BCUT2D eigenvalue weighted by atomic mass is 16.5. The van der Waals surface area contributed by atoms with E-state index in [1.165, 1.54) is 5.56 Å². The molecule has 3 aromatic carbocycles. The molecular formula is C24H27NO3. The predicted molar refractivity (Wildman–Crippen MR) is 114 cm³/mol. The smallest absolute Gasteiger partial charge is 0.121 e. The van der Waals surface area contributed by atoms with Crippen molar-refractivity contribution >= 4 is 5.69 Å². The van der Waals surface area contributed by atoms with E-state index in [0.29, 0.717) is 19.8 Å². The summed E-state index contributed by atoms with van der Waals surface area (Å²) in [6, 6.07) is 26.1. The van der Waals surface area contributed by atoms with Crippen LogP contribution in [0.3, 0.4) is 0 Å². The first-order chi connectivity index (χ1) is 13.8. The highest BCUT2D eigenvalue weighted by Gasteiger charge is 1.99. The Kier molecular flexibility index (Phi) is 7.62. The molecule has 4 nitrogen and oxygen atoms in total. The first-order valence-corrected chi connectivity index (χ1v) is 9.61. The molecule has 3 aromatic rings. The van der Waals surface area contributed by atoms with Crippen molar-refractivity contribution in [2.45, 2.75) is 12.8 Å². The molecule has 0 amide bonds. The molecule has 1 N–H and O–H groups in total. The number of aryl methyl sites for hydroxylation is 1. The molecule has 0 aromatic heterocycles. The molecule has 28 heavy (non-hydrogen) atoms. The molecule has 0 radical (unpaired) electrons. The molecular weight excluding hydrogens is 350 g/mol. The molecule has 0 aliphatic rings. The maximum absolute atomic E-state index is 5.88. The van der Waals surface area contributed by atoms with Crippen LogP contribution in [0.25, 0.3) is 0 Å². The van der Waals surface area contributed by atoms with Crippen molar-refractivity contribution in [2.24, 2.45) is 0 Å². The summed E-state index contributed by atoms with van der Waals surface area (Å²) in [6.45, 7) is 2.00. The Bertz CT molecular complexity index is 819. The van der Waals surface area contributed by atoms with Crippen LogP contribution >= 0.6 is 0 Å². The van der Waals surface area contributed by atoms with Gasteiger partial charge in [0.2, 0.25) is 0 Å². The van der Waals surface area contributed by atoms with Crippen molar-refractivity contribution in [1.29, 1.82) is 0 Å². The maximum atomic E-state index is 5.88. The van der Waals surface area contributed by atoms with Gasteiger partial charge in [-0.3, -0.25) is 0 Å². The van der Waals surface area contributed by atoms with Gasteiger partial charge in [-0.2, -0.15) is 0 Å². The lowest BCUT2D eigenvalue weighted by Gasteiger charge is -2.11. The third-order valence-corrected chi connectivity index (χ3v) is 4.31. The van der Waals surface area contributed by atoms with Crippen LogP contribution in [0.5, 0.6) is 17.2 Å². The Morgan fingerprint density at radius 1 is 0.714 bits per heavy atom. The molecule has 0 heterocycles. The molecule has 0 unspecified atom stereocenters. The second-order valence-corrected chi connectivity index (χ2v) is 6.42. The molecule has 0 fully saturated rings. The molecule has 0 bridgehead atoms. The lowest BCUT2D eigenvalue weighted by Crippen LogP contribution is -2.11. The highest BCUT2D eigenvalue weighted by molar-refractivity contribution is 5.48. The minimum Gasteiger partial charge on any atom is -0.497 e. The van der Waals surface area contributed by atoms with E-state index in [-0.39, 0.29) is 0 Å². The third kappa shape index (κ3) is 6.54. The van der Waals surface area contributed by atoms with Crippen LogP contribution in [-0.2, 0) is 6.42 Å². The molecule has 3 rings (SSSR count). The van der Waals surface area contributed by atoms with E-state index in [0.717, 1.165) is 35.8 Å². The molecule has 0 spiro atoms. The first kappa shape index (κ1) is 19.6. The van der Waals surface area contributed by atoms with Crippen LogP contribution < -0.4 is 19.5 Å². The minimum absolute atomic E-state index is 0.578. The number of hydrogen-bond acceptors (Lipinski definition) is 4. The lowest BCUT2D eigenvalue weighted by atomic mass is 10.1. The van der Waals surface area contributed by atoms with E-state index < -0.39 is 0 Å². The van der Waals surface area contributed by atoms with Gasteiger partial charge in [0.1, 0.15) is 23.9 Å². The van der Waals surface area contributed by atoms with Gasteiger partial charge < -0.3 is 19.5 Å². The fraction of sp³-hybridized carbons (Fsp3) is 0.250. The molecule has 0 aliphatic carbocycles. The predicted octanol–water partition coefficient (Wildman–Crippen LogP) is 5.20. The van der Waals surface area contributed by atoms with Crippen molar-refractivity contribution in [3.63, 3.8) is 0 Å². The van der Waals surface area contributed by atoms with E-state index in [4.69, 9.17) is 14.2 Å². The van der Waals surface area contributed by atoms with Gasteiger partial charge in [0, 0.05) is 18.3 Å². The Morgan fingerprint density at radius 2 is 1.46 bits per heavy atom. The Hall–Kier alpha value is -3.14. The number of hydrogen-bond donors (Lipinski definition) is 1. The normalized spacial score (nSPS) is 10.3. The zero-order chi connectivity index (χ0) is 19.4. The summed E-state index contributed by atoms with van der Waals surface area (Å²) in [5, 5.41) is 3.36. The standard InChI is InChI=1S/C24H27NO3/c1-26-22-12-14-23(15-13-22)28-18-16-25-21-10-5-11-24(19-21)27-17-6-9-20-7-3-2-4-8-20/h2-5,7-8,10-15,19,25H,6,9,16-18H2,1H3. The van der Waals surface area contributed by atoms with Crippen LogP contribution in [0.15, 0.2) is 78.9 Å². The van der Waals surface area contributed by atoms with Crippen LogP contribution in [0.4, 0.5) is 5.69 Å².